The van der Waals surface area contributed by atoms with Gasteiger partial charge in [-0.25, -0.2) is 15.0 Å². The van der Waals surface area contributed by atoms with E-state index in [1.807, 2.05) is 73.7 Å². The fraction of sp³-hybridized carbons (Fsp3) is 0.150. The van der Waals surface area contributed by atoms with Crippen LogP contribution in [0.15, 0.2) is 60.7 Å². The van der Waals surface area contributed by atoms with E-state index in [1.54, 1.807) is 0 Å². The maximum absolute atomic E-state index is 12.2. The highest BCUT2D eigenvalue weighted by Gasteiger charge is 2.45. The lowest BCUT2D eigenvalue weighted by atomic mass is 10.0. The van der Waals surface area contributed by atoms with Crippen molar-refractivity contribution in [3.8, 4) is 0 Å². The Morgan fingerprint density at radius 1 is 1.04 bits per heavy atom. The first-order valence-electron chi connectivity index (χ1n) is 8.34. The summed E-state index contributed by atoms with van der Waals surface area (Å²) in [6.45, 7) is 1.86. The van der Waals surface area contributed by atoms with Gasteiger partial charge in [0, 0.05) is 0 Å². The monoisotopic (exact) mass is 364 g/mol. The van der Waals surface area contributed by atoms with E-state index in [-0.39, 0.29) is 11.9 Å². The van der Waals surface area contributed by atoms with Gasteiger partial charge in [-0.1, -0.05) is 54.6 Å². The van der Waals surface area contributed by atoms with Gasteiger partial charge in [0.1, 0.15) is 5.38 Å². The number of anilines is 1. The first-order valence-corrected chi connectivity index (χ1v) is 8.77. The lowest BCUT2D eigenvalue weighted by Crippen LogP contribution is -2.63. The van der Waals surface area contributed by atoms with Crippen LogP contribution in [0.3, 0.4) is 0 Å². The zero-order valence-corrected chi connectivity index (χ0v) is 14.9. The maximum atomic E-state index is 12.2. The highest BCUT2D eigenvalue weighted by atomic mass is 35.5. The molecular weight excluding hydrogens is 348 g/mol. The summed E-state index contributed by atoms with van der Waals surface area (Å²) in [7, 11) is 0. The van der Waals surface area contributed by atoms with Gasteiger partial charge < -0.3 is 0 Å². The standard InChI is InChI=1S/C20H17ClN4O/c1-13-19(23-16-10-6-5-9-15(16)22-13)24-25-17(18(21)20(25)26)12-11-14-7-3-2-4-8-14/h2-12,17-18H,1H3,(H,23,24)/b12-11+. The molecule has 2 aromatic carbocycles. The van der Waals surface area contributed by atoms with E-state index >= 15 is 0 Å². The highest BCUT2D eigenvalue weighted by Crippen LogP contribution is 2.28. The lowest BCUT2D eigenvalue weighted by molar-refractivity contribution is -0.140. The Morgan fingerprint density at radius 3 is 2.42 bits per heavy atom. The molecule has 0 bridgehead atoms. The molecule has 2 unspecified atom stereocenters. The summed E-state index contributed by atoms with van der Waals surface area (Å²) in [4.78, 5) is 21.3. The van der Waals surface area contributed by atoms with Crippen LogP contribution in [0.25, 0.3) is 17.1 Å². The second-order valence-corrected chi connectivity index (χ2v) is 6.60. The van der Waals surface area contributed by atoms with Crippen LogP contribution in [0.2, 0.25) is 0 Å². The predicted molar refractivity (Wildman–Crippen MR) is 104 cm³/mol. The molecule has 0 aliphatic carbocycles. The van der Waals surface area contributed by atoms with Crippen molar-refractivity contribution < 1.29 is 4.79 Å². The zero-order chi connectivity index (χ0) is 18.1. The van der Waals surface area contributed by atoms with Crippen LogP contribution >= 0.6 is 11.6 Å². The van der Waals surface area contributed by atoms with Crippen LogP contribution in [0.4, 0.5) is 5.82 Å². The summed E-state index contributed by atoms with van der Waals surface area (Å²) in [5.41, 5.74) is 6.45. The van der Waals surface area contributed by atoms with Gasteiger partial charge in [-0.3, -0.25) is 10.2 Å². The van der Waals surface area contributed by atoms with Crippen LogP contribution < -0.4 is 5.43 Å². The number of hydrazine groups is 1. The molecule has 0 saturated carbocycles. The molecule has 0 spiro atoms. The van der Waals surface area contributed by atoms with Crippen molar-refractivity contribution in [2.24, 2.45) is 0 Å². The Balaban J connectivity index is 1.57. The number of hydrogen-bond acceptors (Lipinski definition) is 4. The molecule has 1 saturated heterocycles. The molecule has 6 heteroatoms. The topological polar surface area (TPSA) is 58.1 Å². The Morgan fingerprint density at radius 2 is 1.69 bits per heavy atom. The molecule has 1 aromatic heterocycles. The number of carbonyl (C=O) groups is 1. The number of carbonyl (C=O) groups excluding carboxylic acids is 1. The lowest BCUT2D eigenvalue weighted by Gasteiger charge is -2.42. The van der Waals surface area contributed by atoms with Crippen LogP contribution in [0.1, 0.15) is 11.3 Å². The number of para-hydroxylation sites is 2. The quantitative estimate of drug-likeness (QED) is 0.565. The molecule has 26 heavy (non-hydrogen) atoms. The molecule has 1 aliphatic heterocycles. The van der Waals surface area contributed by atoms with Gasteiger partial charge in [-0.2, -0.15) is 0 Å². The van der Waals surface area contributed by atoms with Crippen molar-refractivity contribution in [1.29, 1.82) is 0 Å². The van der Waals surface area contributed by atoms with E-state index in [0.717, 1.165) is 22.3 Å². The molecule has 4 rings (SSSR count). The number of alkyl halides is 1. The van der Waals surface area contributed by atoms with Gasteiger partial charge in [0.2, 0.25) is 0 Å². The van der Waals surface area contributed by atoms with Crippen molar-refractivity contribution in [2.75, 3.05) is 5.43 Å². The minimum Gasteiger partial charge on any atom is -0.277 e. The van der Waals surface area contributed by atoms with Gasteiger partial charge in [0.15, 0.2) is 5.82 Å². The smallest absolute Gasteiger partial charge is 0.262 e. The molecule has 2 atom stereocenters. The molecule has 2 heterocycles. The third-order valence-electron chi connectivity index (χ3n) is 4.33. The first-order chi connectivity index (χ1) is 12.6. The number of nitrogens with zero attached hydrogens (tertiary/aromatic N) is 3. The molecule has 1 amide bonds. The second-order valence-electron chi connectivity index (χ2n) is 6.13. The summed E-state index contributed by atoms with van der Waals surface area (Å²) in [5, 5.41) is 0.916. The minimum atomic E-state index is -0.587. The van der Waals surface area contributed by atoms with E-state index in [2.05, 4.69) is 15.4 Å². The van der Waals surface area contributed by atoms with Gasteiger partial charge >= 0.3 is 0 Å². The average Bonchev–Trinajstić information content (AvgIpc) is 2.68. The van der Waals surface area contributed by atoms with Crippen LogP contribution in [-0.2, 0) is 4.79 Å². The number of aromatic nitrogens is 2. The van der Waals surface area contributed by atoms with E-state index in [9.17, 15) is 4.79 Å². The fourth-order valence-corrected chi connectivity index (χ4v) is 3.17. The number of rotatable bonds is 4. The van der Waals surface area contributed by atoms with Crippen molar-refractivity contribution in [2.45, 2.75) is 18.3 Å². The number of aryl methyl sites for hydroxylation is 1. The van der Waals surface area contributed by atoms with Gasteiger partial charge in [0.25, 0.3) is 5.91 Å². The second kappa shape index (κ2) is 6.77. The summed E-state index contributed by atoms with van der Waals surface area (Å²) >= 11 is 6.21. The van der Waals surface area contributed by atoms with E-state index in [1.165, 1.54) is 5.01 Å². The number of hydrogen-bond donors (Lipinski definition) is 1. The Labute approximate surface area is 156 Å². The van der Waals surface area contributed by atoms with Gasteiger partial charge in [0.05, 0.1) is 22.8 Å². The van der Waals surface area contributed by atoms with E-state index in [4.69, 9.17) is 11.6 Å². The van der Waals surface area contributed by atoms with Crippen LogP contribution in [0, 0.1) is 6.92 Å². The Hall–Kier alpha value is -2.92. The van der Waals surface area contributed by atoms with E-state index < -0.39 is 5.38 Å². The summed E-state index contributed by atoms with van der Waals surface area (Å²) in [5.74, 6) is 0.377. The minimum absolute atomic E-state index is 0.177. The molecule has 5 nitrogen and oxygen atoms in total. The number of amides is 1. The van der Waals surface area contributed by atoms with Gasteiger partial charge in [-0.05, 0) is 24.6 Å². The summed E-state index contributed by atoms with van der Waals surface area (Å²) in [6.07, 6.45) is 3.88. The van der Waals surface area contributed by atoms with Gasteiger partial charge in [-0.15, -0.1) is 11.6 Å². The number of fused-ring (bicyclic) bond motifs is 1. The Kier molecular flexibility index (Phi) is 4.31. The van der Waals surface area contributed by atoms with Crippen LogP contribution in [-0.4, -0.2) is 32.3 Å². The summed E-state index contributed by atoms with van der Waals surface area (Å²) in [6, 6.07) is 17.3. The van der Waals surface area contributed by atoms with E-state index in [0.29, 0.717) is 5.82 Å². The maximum Gasteiger partial charge on any atom is 0.262 e. The number of halogens is 1. The SMILES string of the molecule is Cc1nc2ccccc2nc1NN1C(=O)C(Cl)C1/C=C/c1ccccc1. The molecule has 1 fully saturated rings. The molecule has 1 N–H and O–H groups in total. The molecule has 0 radical (unpaired) electrons. The molecule has 3 aromatic rings. The van der Waals surface area contributed by atoms with Crippen molar-refractivity contribution >= 4 is 40.4 Å². The van der Waals surface area contributed by atoms with Crippen molar-refractivity contribution in [3.63, 3.8) is 0 Å². The molecule has 1 aliphatic rings. The first kappa shape index (κ1) is 16.5. The third-order valence-corrected chi connectivity index (χ3v) is 4.77. The fourth-order valence-electron chi connectivity index (χ4n) is 2.87. The largest absolute Gasteiger partial charge is 0.277 e. The number of β-lactam (4-membered cyclic amide) rings is 1. The Bertz CT molecular complexity index is 990. The number of benzene rings is 2. The normalized spacial score (nSPS) is 19.8. The zero-order valence-electron chi connectivity index (χ0n) is 14.1. The predicted octanol–water partition coefficient (Wildman–Crippen LogP) is 3.80. The average molecular weight is 365 g/mol. The van der Waals surface area contributed by atoms with Crippen molar-refractivity contribution in [3.05, 3.63) is 71.9 Å². The van der Waals surface area contributed by atoms with Crippen LogP contribution in [0.5, 0.6) is 0 Å². The summed E-state index contributed by atoms with van der Waals surface area (Å²) < 4.78 is 0. The molecule has 130 valence electrons. The highest BCUT2D eigenvalue weighted by molar-refractivity contribution is 6.34. The third kappa shape index (κ3) is 3.02. The molecular formula is C20H17ClN4O. The van der Waals surface area contributed by atoms with Crippen molar-refractivity contribution in [1.82, 2.24) is 15.0 Å². The number of nitrogens with one attached hydrogen (secondary N) is 1.